The van der Waals surface area contributed by atoms with Gasteiger partial charge in [0.2, 0.25) is 5.91 Å². The number of imide groups is 1. The van der Waals surface area contributed by atoms with E-state index in [0.29, 0.717) is 0 Å². The third-order valence-electron chi connectivity index (χ3n) is 1.92. The molecule has 1 heterocycles. The Morgan fingerprint density at radius 1 is 0.882 bits per heavy atom. The lowest BCUT2D eigenvalue weighted by Gasteiger charge is -2.14. The van der Waals surface area contributed by atoms with Crippen molar-refractivity contribution in [3.05, 3.63) is 0 Å². The third kappa shape index (κ3) is 5.09. The molecule has 4 N–H and O–H groups in total. The van der Waals surface area contributed by atoms with E-state index in [9.17, 15) is 9.59 Å². The number of nitrogens with zero attached hydrogens (tertiary/aromatic N) is 2. The molecule has 8 heteroatoms. The van der Waals surface area contributed by atoms with Gasteiger partial charge in [0.1, 0.15) is 6.54 Å². The van der Waals surface area contributed by atoms with Crippen molar-refractivity contribution in [3.63, 3.8) is 0 Å². The van der Waals surface area contributed by atoms with Gasteiger partial charge in [0.05, 0.1) is 33.0 Å². The predicted octanol–water partition coefficient (Wildman–Crippen LogP) is -2.79. The van der Waals surface area contributed by atoms with Crippen molar-refractivity contribution >= 4 is 11.9 Å². The second-order valence-corrected chi connectivity index (χ2v) is 3.14. The molecule has 0 unspecified atom stereocenters. The van der Waals surface area contributed by atoms with Gasteiger partial charge in [-0.25, -0.2) is 4.79 Å². The minimum atomic E-state index is -0.437. The third-order valence-corrected chi connectivity index (χ3v) is 1.92. The monoisotopic (exact) mass is 250 g/mol. The summed E-state index contributed by atoms with van der Waals surface area (Å²) < 4.78 is 0. The molecule has 8 nitrogen and oxygen atoms in total. The Hall–Kier alpha value is -1.22. The number of rotatable bonds is 5. The summed E-state index contributed by atoms with van der Waals surface area (Å²) in [7, 11) is 0. The van der Waals surface area contributed by atoms with E-state index in [1.54, 1.807) is 0 Å². The Balaban J connectivity index is 0.000000557. The molecule has 0 atom stereocenters. The van der Waals surface area contributed by atoms with Crippen LogP contribution >= 0.6 is 0 Å². The molecular weight excluding hydrogens is 232 g/mol. The van der Waals surface area contributed by atoms with Gasteiger partial charge in [-0.3, -0.25) is 9.69 Å². The molecule has 0 aromatic carbocycles. The van der Waals surface area contributed by atoms with Crippen LogP contribution in [-0.4, -0.2) is 88.2 Å². The lowest BCUT2D eigenvalue weighted by molar-refractivity contribution is -0.125. The van der Waals surface area contributed by atoms with E-state index in [1.165, 1.54) is 4.90 Å². The van der Waals surface area contributed by atoms with Crippen LogP contribution in [0.3, 0.4) is 0 Å². The number of carbonyl (C=O) groups excluding carboxylic acids is 2. The molecule has 1 aliphatic heterocycles. The molecule has 100 valence electrons. The largest absolute Gasteiger partial charge is 0.395 e. The molecule has 1 rings (SSSR count). The topological polar surface area (TPSA) is 122 Å². The van der Waals surface area contributed by atoms with E-state index in [0.717, 1.165) is 4.90 Å². The molecule has 1 fully saturated rings. The number of hydrogen-bond donors (Lipinski definition) is 4. The van der Waals surface area contributed by atoms with Gasteiger partial charge < -0.3 is 25.3 Å². The van der Waals surface area contributed by atoms with Gasteiger partial charge in [-0.15, -0.1) is 0 Å². The number of aliphatic hydroxyl groups is 4. The fourth-order valence-electron chi connectivity index (χ4n) is 1.21. The van der Waals surface area contributed by atoms with Gasteiger partial charge in [-0.1, -0.05) is 0 Å². The lowest BCUT2D eigenvalue weighted by Crippen LogP contribution is -2.36. The van der Waals surface area contributed by atoms with Crippen molar-refractivity contribution in [2.24, 2.45) is 0 Å². The fraction of sp³-hybridized carbons (Fsp3) is 0.778. The molecule has 0 aromatic rings. The second kappa shape index (κ2) is 8.88. The molecular formula is C9H18N2O6. The number of hydrogen-bond acceptors (Lipinski definition) is 6. The highest BCUT2D eigenvalue weighted by atomic mass is 16.3. The van der Waals surface area contributed by atoms with Crippen molar-refractivity contribution in [1.82, 2.24) is 9.80 Å². The summed E-state index contributed by atoms with van der Waals surface area (Å²) >= 11 is 0. The number of urea groups is 1. The van der Waals surface area contributed by atoms with E-state index in [1.807, 2.05) is 0 Å². The molecule has 1 saturated heterocycles. The van der Waals surface area contributed by atoms with Gasteiger partial charge >= 0.3 is 6.03 Å². The summed E-state index contributed by atoms with van der Waals surface area (Å²) in [5.74, 6) is -0.326. The lowest BCUT2D eigenvalue weighted by atomic mass is 10.5. The van der Waals surface area contributed by atoms with Crippen LogP contribution in [0.4, 0.5) is 4.79 Å². The Morgan fingerprint density at radius 2 is 1.41 bits per heavy atom. The number of carbonyl (C=O) groups is 2. The zero-order valence-electron chi connectivity index (χ0n) is 9.45. The first kappa shape index (κ1) is 15.8. The van der Waals surface area contributed by atoms with Crippen molar-refractivity contribution in [2.75, 3.05) is 46.1 Å². The summed E-state index contributed by atoms with van der Waals surface area (Å²) in [6, 6.07) is -0.437. The molecule has 0 saturated carbocycles. The van der Waals surface area contributed by atoms with Gasteiger partial charge in [0.25, 0.3) is 0 Å². The Morgan fingerprint density at radius 3 is 1.82 bits per heavy atom. The summed E-state index contributed by atoms with van der Waals surface area (Å²) in [5, 5.41) is 32.4. The molecule has 17 heavy (non-hydrogen) atoms. The summed E-state index contributed by atoms with van der Waals surface area (Å²) in [5.41, 5.74) is 0. The van der Waals surface area contributed by atoms with Crippen LogP contribution in [0.25, 0.3) is 0 Å². The Kier molecular flexibility index (Phi) is 8.24. The molecule has 3 amide bonds. The molecule has 0 spiro atoms. The van der Waals surface area contributed by atoms with Gasteiger partial charge in [0.15, 0.2) is 0 Å². The van der Waals surface area contributed by atoms with Crippen molar-refractivity contribution < 1.29 is 30.0 Å². The van der Waals surface area contributed by atoms with Crippen LogP contribution in [0.5, 0.6) is 0 Å². The molecule has 0 radical (unpaired) electrons. The minimum Gasteiger partial charge on any atom is -0.395 e. The number of β-amino-alcohol motifs (C(OH)–C–C–N with tert-alkyl or cyclic N) is 2. The van der Waals surface area contributed by atoms with E-state index < -0.39 is 6.03 Å². The zero-order valence-corrected chi connectivity index (χ0v) is 9.45. The average molecular weight is 250 g/mol. The maximum Gasteiger partial charge on any atom is 0.327 e. The van der Waals surface area contributed by atoms with Crippen LogP contribution in [0, 0.1) is 0 Å². The van der Waals surface area contributed by atoms with E-state index in [2.05, 4.69) is 0 Å². The minimum absolute atomic E-state index is 0.000602. The first-order chi connectivity index (χ1) is 8.12. The maximum atomic E-state index is 11.3. The molecule has 0 aromatic heterocycles. The predicted molar refractivity (Wildman–Crippen MR) is 57.0 cm³/mol. The van der Waals surface area contributed by atoms with Gasteiger partial charge in [-0.05, 0) is 0 Å². The van der Waals surface area contributed by atoms with E-state index in [4.69, 9.17) is 20.4 Å². The van der Waals surface area contributed by atoms with E-state index in [-0.39, 0.29) is 52.0 Å². The first-order valence-corrected chi connectivity index (χ1v) is 5.15. The molecule has 0 bridgehead atoms. The summed E-state index contributed by atoms with van der Waals surface area (Å²) in [6.07, 6.45) is 0. The van der Waals surface area contributed by atoms with Crippen LogP contribution in [0.15, 0.2) is 0 Å². The van der Waals surface area contributed by atoms with Crippen molar-refractivity contribution in [3.8, 4) is 0 Å². The fourth-order valence-corrected chi connectivity index (χ4v) is 1.21. The van der Waals surface area contributed by atoms with Crippen LogP contribution in [0.1, 0.15) is 0 Å². The average Bonchev–Trinajstić information content (AvgIpc) is 2.58. The summed E-state index contributed by atoms with van der Waals surface area (Å²) in [6.45, 7) is -0.456. The SMILES string of the molecule is O=C1CN(CCO)C(=O)N1CCO.OCCO. The van der Waals surface area contributed by atoms with Crippen molar-refractivity contribution in [1.29, 1.82) is 0 Å². The first-order valence-electron chi connectivity index (χ1n) is 5.15. The Labute approximate surface area is 98.7 Å². The normalized spacial score (nSPS) is 15.1. The van der Waals surface area contributed by atoms with Crippen LogP contribution < -0.4 is 0 Å². The highest BCUT2D eigenvalue weighted by molar-refractivity contribution is 6.01. The van der Waals surface area contributed by atoms with E-state index >= 15 is 0 Å². The molecule has 1 aliphatic rings. The van der Waals surface area contributed by atoms with Crippen molar-refractivity contribution in [2.45, 2.75) is 0 Å². The smallest absolute Gasteiger partial charge is 0.327 e. The second-order valence-electron chi connectivity index (χ2n) is 3.14. The molecule has 0 aliphatic carbocycles. The summed E-state index contributed by atoms with van der Waals surface area (Å²) in [4.78, 5) is 24.7. The highest BCUT2D eigenvalue weighted by Crippen LogP contribution is 2.08. The van der Waals surface area contributed by atoms with Gasteiger partial charge in [-0.2, -0.15) is 0 Å². The van der Waals surface area contributed by atoms with Crippen LogP contribution in [-0.2, 0) is 4.79 Å². The highest BCUT2D eigenvalue weighted by Gasteiger charge is 2.34. The number of amides is 3. The Bertz CT molecular complexity index is 246. The maximum absolute atomic E-state index is 11.3. The van der Waals surface area contributed by atoms with Crippen LogP contribution in [0.2, 0.25) is 0 Å². The standard InChI is InChI=1S/C7H12N2O4.C2H6O2/c10-3-1-8-5-6(12)9(2-4-11)7(8)13;3-1-2-4/h10-11H,1-5H2;3-4H,1-2H2. The quantitative estimate of drug-likeness (QED) is 0.391. The zero-order chi connectivity index (χ0) is 13.3. The number of aliphatic hydroxyl groups excluding tert-OH is 4. The van der Waals surface area contributed by atoms with Gasteiger partial charge in [0, 0.05) is 6.54 Å².